The Morgan fingerprint density at radius 2 is 1.70 bits per heavy atom. The van der Waals surface area contributed by atoms with Crippen molar-refractivity contribution in [1.29, 1.82) is 0 Å². The Morgan fingerprint density at radius 1 is 1.10 bits per heavy atom. The zero-order valence-electron chi connectivity index (χ0n) is 11.0. The van der Waals surface area contributed by atoms with E-state index in [1.54, 1.807) is 43.4 Å². The van der Waals surface area contributed by atoms with E-state index in [1.807, 2.05) is 12.1 Å². The molecule has 20 heavy (non-hydrogen) atoms. The first-order valence-corrected chi connectivity index (χ1v) is 6.54. The van der Waals surface area contributed by atoms with Gasteiger partial charge in [-0.3, -0.25) is 9.59 Å². The molecule has 0 spiro atoms. The van der Waals surface area contributed by atoms with Gasteiger partial charge < -0.3 is 4.90 Å². The number of hydrogen-bond acceptors (Lipinski definition) is 2. The molecule has 0 unspecified atom stereocenters. The zero-order valence-corrected chi connectivity index (χ0v) is 11.8. The van der Waals surface area contributed by atoms with Gasteiger partial charge in [0, 0.05) is 29.7 Å². The Hall–Kier alpha value is -2.13. The summed E-state index contributed by atoms with van der Waals surface area (Å²) in [6.07, 6.45) is 1.06. The third-order valence-electron chi connectivity index (χ3n) is 3.03. The largest absolute Gasteiger partial charge is 0.318 e. The molecule has 0 atom stereocenters. The van der Waals surface area contributed by atoms with Crippen LogP contribution in [0.2, 0.25) is 5.02 Å². The van der Waals surface area contributed by atoms with Crippen molar-refractivity contribution in [1.82, 2.24) is 0 Å². The number of anilines is 1. The van der Waals surface area contributed by atoms with E-state index in [2.05, 4.69) is 0 Å². The van der Waals surface area contributed by atoms with Gasteiger partial charge in [-0.2, -0.15) is 0 Å². The van der Waals surface area contributed by atoms with E-state index in [0.717, 1.165) is 17.7 Å². The zero-order chi connectivity index (χ0) is 14.5. The summed E-state index contributed by atoms with van der Waals surface area (Å²) in [5.41, 5.74) is 2.31. The van der Waals surface area contributed by atoms with Gasteiger partial charge in [-0.15, -0.1) is 0 Å². The number of halogens is 1. The Morgan fingerprint density at radius 3 is 2.25 bits per heavy atom. The number of carbonyl (C=O) groups is 2. The number of benzene rings is 2. The smallest absolute Gasteiger partial charge is 0.213 e. The Balaban J connectivity index is 2.09. The maximum absolute atomic E-state index is 12.1. The van der Waals surface area contributed by atoms with Gasteiger partial charge in [-0.1, -0.05) is 23.7 Å². The van der Waals surface area contributed by atoms with Crippen LogP contribution in [0.25, 0.3) is 0 Å². The van der Waals surface area contributed by atoms with Crippen LogP contribution in [-0.2, 0) is 11.2 Å². The van der Waals surface area contributed by atoms with E-state index in [4.69, 9.17) is 11.6 Å². The number of nitrogens with zero attached hydrogens (tertiary/aromatic N) is 1. The summed E-state index contributed by atoms with van der Waals surface area (Å²) in [6, 6.07) is 14.2. The van der Waals surface area contributed by atoms with Crippen LogP contribution in [0.4, 0.5) is 5.69 Å². The van der Waals surface area contributed by atoms with Crippen LogP contribution < -0.4 is 4.90 Å². The first-order valence-electron chi connectivity index (χ1n) is 6.16. The molecule has 0 radical (unpaired) electrons. The molecular weight excluding hydrogens is 274 g/mol. The summed E-state index contributed by atoms with van der Waals surface area (Å²) in [4.78, 5) is 24.2. The van der Waals surface area contributed by atoms with Crippen molar-refractivity contribution in [3.8, 4) is 0 Å². The molecular formula is C16H14ClNO2. The average molecular weight is 288 g/mol. The predicted octanol–water partition coefficient (Wildman–Crippen LogP) is 3.36. The minimum Gasteiger partial charge on any atom is -0.318 e. The van der Waals surface area contributed by atoms with Gasteiger partial charge in [0.2, 0.25) is 6.41 Å². The fourth-order valence-corrected chi connectivity index (χ4v) is 1.96. The molecule has 1 amide bonds. The van der Waals surface area contributed by atoms with Crippen LogP contribution >= 0.6 is 11.6 Å². The van der Waals surface area contributed by atoms with Crippen LogP contribution in [0.5, 0.6) is 0 Å². The third-order valence-corrected chi connectivity index (χ3v) is 3.28. The van der Waals surface area contributed by atoms with E-state index < -0.39 is 0 Å². The van der Waals surface area contributed by atoms with Gasteiger partial charge in [0.25, 0.3) is 0 Å². The van der Waals surface area contributed by atoms with Crippen LogP contribution in [0.15, 0.2) is 48.5 Å². The molecule has 2 aromatic rings. The first-order chi connectivity index (χ1) is 9.60. The Labute approximate surface area is 122 Å². The molecule has 0 saturated heterocycles. The second-order valence-corrected chi connectivity index (χ2v) is 4.93. The summed E-state index contributed by atoms with van der Waals surface area (Å²) in [6.45, 7) is 0. The lowest BCUT2D eigenvalue weighted by molar-refractivity contribution is -0.107. The molecule has 0 saturated carbocycles. The monoisotopic (exact) mass is 287 g/mol. The predicted molar refractivity (Wildman–Crippen MR) is 80.4 cm³/mol. The van der Waals surface area contributed by atoms with Crippen LogP contribution in [0, 0.1) is 0 Å². The van der Waals surface area contributed by atoms with E-state index in [-0.39, 0.29) is 5.78 Å². The molecule has 0 fully saturated rings. The molecule has 0 heterocycles. The highest BCUT2D eigenvalue weighted by Gasteiger charge is 2.08. The van der Waals surface area contributed by atoms with Crippen molar-refractivity contribution < 1.29 is 9.59 Å². The number of ketones is 1. The topological polar surface area (TPSA) is 37.4 Å². The van der Waals surface area contributed by atoms with Crippen molar-refractivity contribution in [2.24, 2.45) is 0 Å². The second kappa shape index (κ2) is 6.35. The summed E-state index contributed by atoms with van der Waals surface area (Å²) in [5.74, 6) is 0.0348. The van der Waals surface area contributed by atoms with Crippen molar-refractivity contribution in [2.45, 2.75) is 6.42 Å². The van der Waals surface area contributed by atoms with Crippen LogP contribution in [-0.4, -0.2) is 19.2 Å². The van der Waals surface area contributed by atoms with Gasteiger partial charge in [0.05, 0.1) is 0 Å². The van der Waals surface area contributed by atoms with E-state index in [1.165, 1.54) is 4.90 Å². The van der Waals surface area contributed by atoms with Gasteiger partial charge in [0.1, 0.15) is 0 Å². The van der Waals surface area contributed by atoms with E-state index >= 15 is 0 Å². The molecule has 2 aromatic carbocycles. The van der Waals surface area contributed by atoms with Crippen molar-refractivity contribution in [3.05, 3.63) is 64.7 Å². The molecule has 0 bridgehead atoms. The number of Topliss-reactive ketones (excluding diaryl/α,β-unsaturated/α-hetero) is 1. The van der Waals surface area contributed by atoms with Crippen LogP contribution in [0.1, 0.15) is 15.9 Å². The molecule has 2 rings (SSSR count). The molecule has 0 aromatic heterocycles. The first kappa shape index (κ1) is 14.3. The lowest BCUT2D eigenvalue weighted by atomic mass is 10.0. The molecule has 0 aliphatic heterocycles. The Bertz CT molecular complexity index is 605. The van der Waals surface area contributed by atoms with E-state index in [9.17, 15) is 9.59 Å². The maximum atomic E-state index is 12.1. The van der Waals surface area contributed by atoms with Gasteiger partial charge >= 0.3 is 0 Å². The highest BCUT2D eigenvalue weighted by Crippen LogP contribution is 2.15. The summed E-state index contributed by atoms with van der Waals surface area (Å²) in [7, 11) is 1.66. The third kappa shape index (κ3) is 3.45. The minimum atomic E-state index is 0.0348. The molecule has 0 aliphatic rings. The number of carbonyl (C=O) groups excluding carboxylic acids is 2. The Kier molecular flexibility index (Phi) is 4.53. The highest BCUT2D eigenvalue weighted by molar-refractivity contribution is 6.30. The van der Waals surface area contributed by atoms with Gasteiger partial charge in [0.15, 0.2) is 5.78 Å². The lowest BCUT2D eigenvalue weighted by Crippen LogP contribution is -2.13. The second-order valence-electron chi connectivity index (χ2n) is 4.49. The summed E-state index contributed by atoms with van der Waals surface area (Å²) in [5, 5.41) is 0.655. The SMILES string of the molecule is CN(C=O)c1ccc(C(=O)Cc2ccc(Cl)cc2)cc1. The molecule has 4 heteroatoms. The molecule has 0 N–H and O–H groups in total. The molecule has 0 aliphatic carbocycles. The van der Waals surface area contributed by atoms with Gasteiger partial charge in [-0.25, -0.2) is 0 Å². The van der Waals surface area contributed by atoms with Crippen molar-refractivity contribution >= 4 is 29.5 Å². The number of hydrogen-bond donors (Lipinski definition) is 0. The summed E-state index contributed by atoms with van der Waals surface area (Å²) >= 11 is 5.81. The van der Waals surface area contributed by atoms with E-state index in [0.29, 0.717) is 17.0 Å². The molecule has 3 nitrogen and oxygen atoms in total. The molecule has 102 valence electrons. The summed E-state index contributed by atoms with van der Waals surface area (Å²) < 4.78 is 0. The normalized spacial score (nSPS) is 10.1. The van der Waals surface area contributed by atoms with Crippen LogP contribution in [0.3, 0.4) is 0 Å². The lowest BCUT2D eigenvalue weighted by Gasteiger charge is -2.10. The minimum absolute atomic E-state index is 0.0348. The standard InChI is InChI=1S/C16H14ClNO2/c1-18(11-19)15-8-4-13(5-9-15)16(20)10-12-2-6-14(17)7-3-12/h2-9,11H,10H2,1H3. The average Bonchev–Trinajstić information content (AvgIpc) is 2.49. The van der Waals surface area contributed by atoms with Crippen molar-refractivity contribution in [2.75, 3.05) is 11.9 Å². The maximum Gasteiger partial charge on any atom is 0.213 e. The number of rotatable bonds is 5. The number of amides is 1. The van der Waals surface area contributed by atoms with Crippen molar-refractivity contribution in [3.63, 3.8) is 0 Å². The quantitative estimate of drug-likeness (QED) is 0.625. The fraction of sp³-hybridized carbons (Fsp3) is 0.125. The van der Waals surface area contributed by atoms with Gasteiger partial charge in [-0.05, 0) is 42.0 Å². The fourth-order valence-electron chi connectivity index (χ4n) is 1.83. The highest BCUT2D eigenvalue weighted by atomic mass is 35.5.